The first kappa shape index (κ1) is 15.0. The summed E-state index contributed by atoms with van der Waals surface area (Å²) in [6.07, 6.45) is 2.65. The summed E-state index contributed by atoms with van der Waals surface area (Å²) in [6.45, 7) is 3.49. The van der Waals surface area contributed by atoms with Crippen molar-refractivity contribution in [3.63, 3.8) is 0 Å². The van der Waals surface area contributed by atoms with Gasteiger partial charge in [0.15, 0.2) is 0 Å². The van der Waals surface area contributed by atoms with Crippen LogP contribution in [0.5, 0.6) is 0 Å². The quantitative estimate of drug-likeness (QED) is 0.856. The molecule has 2 rings (SSSR count). The minimum Gasteiger partial charge on any atom is -0.467 e. The van der Waals surface area contributed by atoms with Gasteiger partial charge < -0.3 is 14.6 Å². The number of aromatic nitrogens is 1. The molecule has 0 saturated carbocycles. The predicted molar refractivity (Wildman–Crippen MR) is 83.9 cm³/mol. The van der Waals surface area contributed by atoms with Crippen LogP contribution in [0.1, 0.15) is 19.1 Å². The fourth-order valence-corrected chi connectivity index (χ4v) is 2.37. The normalized spacial score (nSPS) is 10.6. The molecule has 6 heteroatoms. The van der Waals surface area contributed by atoms with E-state index in [2.05, 4.69) is 17.2 Å². The second kappa shape index (κ2) is 6.86. The number of nitrogens with zero attached hydrogens (tertiary/aromatic N) is 2. The Morgan fingerprint density at radius 1 is 1.35 bits per heavy atom. The van der Waals surface area contributed by atoms with E-state index in [1.54, 1.807) is 12.3 Å². The van der Waals surface area contributed by atoms with Gasteiger partial charge in [0.1, 0.15) is 17.4 Å². The summed E-state index contributed by atoms with van der Waals surface area (Å²) in [6, 6.07) is 5.48. The van der Waals surface area contributed by atoms with E-state index < -0.39 is 0 Å². The average molecular weight is 314 g/mol. The lowest BCUT2D eigenvalue weighted by atomic mass is 10.3. The average Bonchev–Trinajstić information content (AvgIpc) is 2.90. The Bertz CT molecular complexity index is 558. The third-order valence-corrected chi connectivity index (χ3v) is 3.35. The summed E-state index contributed by atoms with van der Waals surface area (Å²) >= 11 is 12.4. The SMILES string of the molecule is CCCNc1nc(N(C)Cc2ccco2)c(Cl)cc1Cl. The van der Waals surface area contributed by atoms with Crippen molar-refractivity contribution < 1.29 is 4.42 Å². The van der Waals surface area contributed by atoms with Crippen LogP contribution in [0.15, 0.2) is 28.9 Å². The molecule has 2 aromatic heterocycles. The van der Waals surface area contributed by atoms with Crippen LogP contribution in [-0.2, 0) is 6.54 Å². The number of hydrogen-bond acceptors (Lipinski definition) is 4. The summed E-state index contributed by atoms with van der Waals surface area (Å²) in [7, 11) is 1.91. The summed E-state index contributed by atoms with van der Waals surface area (Å²) in [5.41, 5.74) is 0. The van der Waals surface area contributed by atoms with Gasteiger partial charge in [-0.15, -0.1) is 0 Å². The third kappa shape index (κ3) is 3.58. The minimum absolute atomic E-state index is 0.520. The molecule has 0 radical (unpaired) electrons. The maximum Gasteiger partial charge on any atom is 0.150 e. The highest BCUT2D eigenvalue weighted by atomic mass is 35.5. The van der Waals surface area contributed by atoms with E-state index in [-0.39, 0.29) is 0 Å². The maximum atomic E-state index is 6.22. The van der Waals surface area contributed by atoms with Crippen molar-refractivity contribution in [1.82, 2.24) is 4.98 Å². The highest BCUT2D eigenvalue weighted by Crippen LogP contribution is 2.31. The molecular formula is C14H17Cl2N3O. The molecular weight excluding hydrogens is 297 g/mol. The van der Waals surface area contributed by atoms with Crippen LogP contribution >= 0.6 is 23.2 Å². The number of furan rings is 1. The lowest BCUT2D eigenvalue weighted by Crippen LogP contribution is -2.18. The number of pyridine rings is 1. The van der Waals surface area contributed by atoms with Crippen molar-refractivity contribution in [2.75, 3.05) is 23.8 Å². The number of nitrogens with one attached hydrogen (secondary N) is 1. The fraction of sp³-hybridized carbons (Fsp3) is 0.357. The van der Waals surface area contributed by atoms with Crippen LogP contribution in [0.4, 0.5) is 11.6 Å². The largest absolute Gasteiger partial charge is 0.467 e. The monoisotopic (exact) mass is 313 g/mol. The number of anilines is 2. The molecule has 0 spiro atoms. The molecule has 2 heterocycles. The zero-order chi connectivity index (χ0) is 14.5. The summed E-state index contributed by atoms with van der Waals surface area (Å²) < 4.78 is 5.33. The lowest BCUT2D eigenvalue weighted by Gasteiger charge is -2.19. The zero-order valence-electron chi connectivity index (χ0n) is 11.5. The number of halogens is 2. The molecule has 0 aromatic carbocycles. The van der Waals surface area contributed by atoms with E-state index in [1.807, 2.05) is 24.1 Å². The van der Waals surface area contributed by atoms with Gasteiger partial charge in [-0.3, -0.25) is 0 Å². The lowest BCUT2D eigenvalue weighted by molar-refractivity contribution is 0.507. The second-order valence-corrected chi connectivity index (χ2v) is 5.30. The van der Waals surface area contributed by atoms with Crippen LogP contribution in [0.3, 0.4) is 0 Å². The topological polar surface area (TPSA) is 41.3 Å². The molecule has 1 N–H and O–H groups in total. The van der Waals surface area contributed by atoms with Crippen molar-refractivity contribution in [3.8, 4) is 0 Å². The van der Waals surface area contributed by atoms with Gasteiger partial charge in [-0.1, -0.05) is 30.1 Å². The molecule has 0 bridgehead atoms. The van der Waals surface area contributed by atoms with Gasteiger partial charge in [-0.05, 0) is 24.6 Å². The summed E-state index contributed by atoms with van der Waals surface area (Å²) in [5, 5.41) is 4.24. The van der Waals surface area contributed by atoms with E-state index in [0.29, 0.717) is 28.2 Å². The zero-order valence-corrected chi connectivity index (χ0v) is 13.0. The van der Waals surface area contributed by atoms with Crippen molar-refractivity contribution in [1.29, 1.82) is 0 Å². The third-order valence-electron chi connectivity index (χ3n) is 2.79. The van der Waals surface area contributed by atoms with E-state index in [0.717, 1.165) is 18.7 Å². The smallest absolute Gasteiger partial charge is 0.150 e. The first-order chi connectivity index (χ1) is 9.61. The summed E-state index contributed by atoms with van der Waals surface area (Å²) in [5.74, 6) is 2.17. The molecule has 2 aromatic rings. The highest BCUT2D eigenvalue weighted by Gasteiger charge is 2.14. The first-order valence-corrected chi connectivity index (χ1v) is 7.20. The van der Waals surface area contributed by atoms with Crippen LogP contribution in [0.2, 0.25) is 10.0 Å². The number of hydrogen-bond donors (Lipinski definition) is 1. The second-order valence-electron chi connectivity index (χ2n) is 4.49. The Hall–Kier alpha value is -1.39. The molecule has 0 saturated heterocycles. The molecule has 0 aliphatic carbocycles. The van der Waals surface area contributed by atoms with E-state index in [4.69, 9.17) is 27.6 Å². The molecule has 4 nitrogen and oxygen atoms in total. The van der Waals surface area contributed by atoms with Crippen LogP contribution < -0.4 is 10.2 Å². The van der Waals surface area contributed by atoms with Crippen LogP contribution in [-0.4, -0.2) is 18.6 Å². The highest BCUT2D eigenvalue weighted by molar-refractivity contribution is 6.37. The van der Waals surface area contributed by atoms with Gasteiger partial charge in [0, 0.05) is 13.6 Å². The predicted octanol–water partition coefficient (Wildman–Crippen LogP) is 4.44. The molecule has 0 amide bonds. The van der Waals surface area contributed by atoms with Crippen molar-refractivity contribution in [3.05, 3.63) is 40.3 Å². The Labute approximate surface area is 128 Å². The molecule has 0 atom stereocenters. The molecule has 20 heavy (non-hydrogen) atoms. The molecule has 0 unspecified atom stereocenters. The van der Waals surface area contributed by atoms with Crippen LogP contribution in [0, 0.1) is 0 Å². The van der Waals surface area contributed by atoms with Crippen LogP contribution in [0.25, 0.3) is 0 Å². The van der Waals surface area contributed by atoms with Crippen molar-refractivity contribution in [2.24, 2.45) is 0 Å². The number of rotatable bonds is 6. The minimum atomic E-state index is 0.520. The van der Waals surface area contributed by atoms with Gasteiger partial charge in [0.2, 0.25) is 0 Å². The maximum absolute atomic E-state index is 6.22. The van der Waals surface area contributed by atoms with E-state index in [9.17, 15) is 0 Å². The molecule has 0 aliphatic heterocycles. The molecule has 0 fully saturated rings. The van der Waals surface area contributed by atoms with Gasteiger partial charge >= 0.3 is 0 Å². The Kier molecular flexibility index (Phi) is 5.15. The Balaban J connectivity index is 2.21. The Morgan fingerprint density at radius 3 is 2.80 bits per heavy atom. The summed E-state index contributed by atoms with van der Waals surface area (Å²) in [4.78, 5) is 6.42. The van der Waals surface area contributed by atoms with Gasteiger partial charge in [-0.2, -0.15) is 0 Å². The van der Waals surface area contributed by atoms with E-state index in [1.165, 1.54) is 0 Å². The van der Waals surface area contributed by atoms with E-state index >= 15 is 0 Å². The fourth-order valence-electron chi connectivity index (χ4n) is 1.80. The Morgan fingerprint density at radius 2 is 2.15 bits per heavy atom. The molecule has 0 aliphatic rings. The molecule has 108 valence electrons. The first-order valence-electron chi connectivity index (χ1n) is 6.45. The van der Waals surface area contributed by atoms with Gasteiger partial charge in [0.25, 0.3) is 0 Å². The standard InChI is InChI=1S/C14H17Cl2N3O/c1-3-6-17-13-11(15)8-12(16)14(18-13)19(2)9-10-5-4-7-20-10/h4-5,7-8H,3,6,9H2,1-2H3,(H,17,18). The van der Waals surface area contributed by atoms with Gasteiger partial charge in [0.05, 0.1) is 22.9 Å². The van der Waals surface area contributed by atoms with Gasteiger partial charge in [-0.25, -0.2) is 4.98 Å². The van der Waals surface area contributed by atoms with Crippen molar-refractivity contribution in [2.45, 2.75) is 19.9 Å². The van der Waals surface area contributed by atoms with Crippen molar-refractivity contribution >= 4 is 34.8 Å².